The van der Waals surface area contributed by atoms with Crippen LogP contribution in [0.15, 0.2) is 55.0 Å². The Morgan fingerprint density at radius 1 is 1.15 bits per heavy atom. The molecule has 1 saturated heterocycles. The van der Waals surface area contributed by atoms with Crippen LogP contribution < -0.4 is 5.32 Å². The van der Waals surface area contributed by atoms with Gasteiger partial charge >= 0.3 is 0 Å². The fraction of sp³-hybridized carbons (Fsp3) is 0.308. The maximum Gasteiger partial charge on any atom is 0.253 e. The van der Waals surface area contributed by atoms with Crippen molar-refractivity contribution in [3.8, 4) is 11.4 Å². The van der Waals surface area contributed by atoms with E-state index in [1.165, 1.54) is 0 Å². The van der Waals surface area contributed by atoms with Gasteiger partial charge < -0.3 is 10.1 Å². The monoisotopic (exact) mass is 441 g/mol. The van der Waals surface area contributed by atoms with Crippen LogP contribution in [0.2, 0.25) is 0 Å². The van der Waals surface area contributed by atoms with Gasteiger partial charge in [0.05, 0.1) is 16.8 Å². The number of aromatic nitrogens is 4. The molecule has 1 amide bonds. The number of rotatable bonds is 5. The summed E-state index contributed by atoms with van der Waals surface area (Å²) in [7, 11) is 1.89. The van der Waals surface area contributed by atoms with E-state index in [0.29, 0.717) is 25.2 Å². The lowest BCUT2D eigenvalue weighted by molar-refractivity contribution is 0.0697. The van der Waals surface area contributed by atoms with Gasteiger partial charge in [0.25, 0.3) is 5.91 Å². The zero-order valence-corrected chi connectivity index (χ0v) is 18.9. The highest BCUT2D eigenvalue weighted by molar-refractivity contribution is 6.06. The van der Waals surface area contributed by atoms with E-state index in [1.54, 1.807) is 10.9 Å². The Labute approximate surface area is 192 Å². The number of carbonyl (C=O) groups excluding carboxylic acids is 1. The summed E-state index contributed by atoms with van der Waals surface area (Å²) in [6.45, 7) is 3.46. The molecule has 3 aromatic heterocycles. The van der Waals surface area contributed by atoms with E-state index in [1.807, 2.05) is 49.8 Å². The van der Waals surface area contributed by atoms with Crippen molar-refractivity contribution < 1.29 is 9.53 Å². The first-order chi connectivity index (χ1) is 16.1. The molecule has 0 saturated carbocycles. The molecule has 1 aliphatic rings. The third-order valence-corrected chi connectivity index (χ3v) is 6.26. The van der Waals surface area contributed by atoms with Crippen LogP contribution in [-0.2, 0) is 18.2 Å². The highest BCUT2D eigenvalue weighted by Gasteiger charge is 2.21. The van der Waals surface area contributed by atoms with Crippen molar-refractivity contribution >= 4 is 16.8 Å². The Morgan fingerprint density at radius 3 is 2.73 bits per heavy atom. The maximum absolute atomic E-state index is 13.2. The second-order valence-electron chi connectivity index (χ2n) is 8.57. The molecule has 4 heterocycles. The zero-order chi connectivity index (χ0) is 22.8. The van der Waals surface area contributed by atoms with Gasteiger partial charge in [-0.3, -0.25) is 19.4 Å². The van der Waals surface area contributed by atoms with Crippen molar-refractivity contribution in [2.24, 2.45) is 7.05 Å². The van der Waals surface area contributed by atoms with E-state index in [4.69, 9.17) is 4.74 Å². The number of hydrogen-bond donors (Lipinski definition) is 1. The number of carbonyl (C=O) groups is 1. The molecule has 1 aromatic carbocycles. The number of hydrogen-bond acceptors (Lipinski definition) is 5. The van der Waals surface area contributed by atoms with E-state index in [2.05, 4.69) is 33.4 Å². The number of fused-ring (bicyclic) bond motifs is 1. The Morgan fingerprint density at radius 2 is 2.00 bits per heavy atom. The minimum Gasteiger partial charge on any atom is -0.381 e. The molecule has 0 radical (unpaired) electrons. The number of nitrogens with zero attached hydrogens (tertiary/aromatic N) is 4. The molecule has 0 atom stereocenters. The van der Waals surface area contributed by atoms with Gasteiger partial charge in [0.2, 0.25) is 0 Å². The number of nitrogens with one attached hydrogen (secondary N) is 1. The molecule has 7 nitrogen and oxygen atoms in total. The normalized spacial score (nSPS) is 14.5. The minimum absolute atomic E-state index is 0.0736. The smallest absolute Gasteiger partial charge is 0.253 e. The Hall–Kier alpha value is -3.58. The SMILES string of the molecule is Cc1c(Cc2ccc(-c3ccn(C)n3)nc2)cc(C(=O)NC2CCOCC2)c2ncccc12. The molecular formula is C26H27N5O2. The van der Waals surface area contributed by atoms with Gasteiger partial charge in [0.15, 0.2) is 0 Å². The second kappa shape index (κ2) is 9.11. The number of aryl methyl sites for hydroxylation is 2. The topological polar surface area (TPSA) is 81.9 Å². The van der Waals surface area contributed by atoms with Crippen LogP contribution in [0.5, 0.6) is 0 Å². The van der Waals surface area contributed by atoms with Crippen LogP contribution >= 0.6 is 0 Å². The molecule has 5 rings (SSSR count). The summed E-state index contributed by atoms with van der Waals surface area (Å²) < 4.78 is 7.19. The van der Waals surface area contributed by atoms with E-state index in [-0.39, 0.29) is 11.9 Å². The van der Waals surface area contributed by atoms with E-state index in [9.17, 15) is 4.79 Å². The van der Waals surface area contributed by atoms with E-state index < -0.39 is 0 Å². The number of benzene rings is 1. The molecule has 1 aliphatic heterocycles. The predicted octanol–water partition coefficient (Wildman–Crippen LogP) is 3.84. The zero-order valence-electron chi connectivity index (χ0n) is 18.9. The molecule has 0 aliphatic carbocycles. The van der Waals surface area contributed by atoms with Gasteiger partial charge in [-0.25, -0.2) is 0 Å². The molecule has 0 spiro atoms. The van der Waals surface area contributed by atoms with Crippen LogP contribution in [0, 0.1) is 6.92 Å². The Kier molecular flexibility index (Phi) is 5.88. The highest BCUT2D eigenvalue weighted by atomic mass is 16.5. The lowest BCUT2D eigenvalue weighted by Crippen LogP contribution is -2.39. The van der Waals surface area contributed by atoms with E-state index in [0.717, 1.165) is 51.8 Å². The van der Waals surface area contributed by atoms with Crippen molar-refractivity contribution in [3.05, 3.63) is 77.2 Å². The van der Waals surface area contributed by atoms with Crippen LogP contribution in [0.3, 0.4) is 0 Å². The van der Waals surface area contributed by atoms with Crippen LogP contribution in [0.4, 0.5) is 0 Å². The van der Waals surface area contributed by atoms with Gasteiger partial charge in [-0.1, -0.05) is 12.1 Å². The summed E-state index contributed by atoms with van der Waals surface area (Å²) in [5.74, 6) is -0.0736. The Balaban J connectivity index is 1.45. The largest absolute Gasteiger partial charge is 0.381 e. The first-order valence-corrected chi connectivity index (χ1v) is 11.3. The molecule has 0 unspecified atom stereocenters. The standard InChI is InChI=1S/C26H27N5O2/c1-17-19(14-18-5-6-23(28-16-18)24-7-11-31(2)30-24)15-22(25-21(17)4-3-10-27-25)26(32)29-20-8-12-33-13-9-20/h3-7,10-11,15-16,20H,8-9,12-14H2,1-2H3,(H,29,32). The third-order valence-electron chi connectivity index (χ3n) is 6.26. The molecule has 0 bridgehead atoms. The first-order valence-electron chi connectivity index (χ1n) is 11.3. The van der Waals surface area contributed by atoms with Crippen molar-refractivity contribution in [2.45, 2.75) is 32.2 Å². The highest BCUT2D eigenvalue weighted by Crippen LogP contribution is 2.27. The van der Waals surface area contributed by atoms with E-state index >= 15 is 0 Å². The predicted molar refractivity (Wildman–Crippen MR) is 127 cm³/mol. The minimum atomic E-state index is -0.0736. The van der Waals surface area contributed by atoms with Gasteiger partial charge in [-0.2, -0.15) is 5.10 Å². The van der Waals surface area contributed by atoms with Crippen molar-refractivity contribution in [1.29, 1.82) is 0 Å². The molecule has 1 fully saturated rings. The summed E-state index contributed by atoms with van der Waals surface area (Å²) >= 11 is 0. The van der Waals surface area contributed by atoms with Crippen LogP contribution in [0.1, 0.15) is 39.9 Å². The number of amides is 1. The van der Waals surface area contributed by atoms with Crippen molar-refractivity contribution in [3.63, 3.8) is 0 Å². The average molecular weight is 442 g/mol. The number of ether oxygens (including phenoxy) is 1. The second-order valence-corrected chi connectivity index (χ2v) is 8.57. The summed E-state index contributed by atoms with van der Waals surface area (Å²) in [4.78, 5) is 22.4. The van der Waals surface area contributed by atoms with Crippen molar-refractivity contribution in [1.82, 2.24) is 25.1 Å². The van der Waals surface area contributed by atoms with Gasteiger partial charge in [0.1, 0.15) is 5.69 Å². The van der Waals surface area contributed by atoms with Crippen LogP contribution in [-0.4, -0.2) is 44.9 Å². The van der Waals surface area contributed by atoms with Gasteiger partial charge in [-0.05, 0) is 67.1 Å². The Bertz CT molecular complexity index is 1290. The molecule has 4 aromatic rings. The summed E-state index contributed by atoms with van der Waals surface area (Å²) in [6, 6.07) is 12.1. The molecule has 1 N–H and O–H groups in total. The summed E-state index contributed by atoms with van der Waals surface area (Å²) in [5.41, 5.74) is 6.37. The molecule has 33 heavy (non-hydrogen) atoms. The lowest BCUT2D eigenvalue weighted by Gasteiger charge is -2.23. The fourth-order valence-electron chi connectivity index (χ4n) is 4.36. The maximum atomic E-state index is 13.2. The summed E-state index contributed by atoms with van der Waals surface area (Å²) in [5, 5.41) is 8.61. The van der Waals surface area contributed by atoms with Crippen LogP contribution in [0.25, 0.3) is 22.3 Å². The van der Waals surface area contributed by atoms with Gasteiger partial charge in [0, 0.05) is 50.3 Å². The summed E-state index contributed by atoms with van der Waals surface area (Å²) in [6.07, 6.45) is 7.90. The average Bonchev–Trinajstić information content (AvgIpc) is 3.28. The fourth-order valence-corrected chi connectivity index (χ4v) is 4.36. The lowest BCUT2D eigenvalue weighted by atomic mass is 9.94. The molecule has 7 heteroatoms. The first kappa shape index (κ1) is 21.3. The third kappa shape index (κ3) is 4.50. The molecule has 168 valence electrons. The molecular weight excluding hydrogens is 414 g/mol. The quantitative estimate of drug-likeness (QED) is 0.509. The number of pyridine rings is 2. The van der Waals surface area contributed by atoms with Gasteiger partial charge in [-0.15, -0.1) is 0 Å². The van der Waals surface area contributed by atoms with Crippen molar-refractivity contribution in [2.75, 3.05) is 13.2 Å².